The van der Waals surface area contributed by atoms with Crippen LogP contribution < -0.4 is 51.4 Å². The monoisotopic (exact) mass is 337 g/mol. The van der Waals surface area contributed by atoms with E-state index in [-0.39, 0.29) is 57.5 Å². The van der Waals surface area contributed by atoms with Crippen LogP contribution in [0.25, 0.3) is 0 Å². The van der Waals surface area contributed by atoms with E-state index in [4.69, 9.17) is 5.11 Å². The Bertz CT molecular complexity index is 267. The molecule has 0 saturated carbocycles. The first kappa shape index (κ1) is 25.1. The molecule has 0 aliphatic heterocycles. The zero-order valence-corrected chi connectivity index (χ0v) is 17.9. The normalized spacial score (nSPS) is 12.3. The summed E-state index contributed by atoms with van der Waals surface area (Å²) in [5.74, 6) is -0.689. The Morgan fingerprint density at radius 1 is 0.955 bits per heavy atom. The smallest absolute Gasteiger partial charge is 0.481 e. The fraction of sp³-hybridized carbons (Fsp3) is 0.833. The van der Waals surface area contributed by atoms with E-state index in [0.29, 0.717) is 6.42 Å². The molecule has 0 aromatic carbocycles. The van der Waals surface area contributed by atoms with E-state index in [1.165, 1.54) is 25.7 Å². The van der Waals surface area contributed by atoms with Gasteiger partial charge in [-0.15, -0.1) is 0 Å². The van der Waals surface area contributed by atoms with Crippen molar-refractivity contribution in [1.29, 1.82) is 0 Å². The first-order valence-electron chi connectivity index (χ1n) is 8.71. The number of rotatable bonds is 15. The van der Waals surface area contributed by atoms with Crippen LogP contribution in [0, 0.1) is 0 Å². The topological polar surface area (TPSA) is 57.5 Å². The molecule has 0 aliphatic carbocycles. The van der Waals surface area contributed by atoms with Crippen molar-refractivity contribution in [3.05, 3.63) is 12.2 Å². The minimum atomic E-state index is -0.689. The molecule has 3 nitrogen and oxygen atoms in total. The third-order valence-electron chi connectivity index (χ3n) is 3.73. The molecule has 0 spiro atoms. The molecular formula is C18H34KO3+. The minimum Gasteiger partial charge on any atom is -0.481 e. The molecular weight excluding hydrogens is 303 g/mol. The number of carboxylic acids is 1. The molecule has 0 radical (unpaired) electrons. The van der Waals surface area contributed by atoms with Crippen molar-refractivity contribution in [1.82, 2.24) is 0 Å². The van der Waals surface area contributed by atoms with E-state index in [1.807, 2.05) is 0 Å². The van der Waals surface area contributed by atoms with E-state index in [2.05, 4.69) is 19.1 Å². The molecule has 0 fully saturated rings. The van der Waals surface area contributed by atoms with Crippen molar-refractivity contribution in [3.8, 4) is 0 Å². The Kier molecular flexibility index (Phi) is 22.6. The summed E-state index contributed by atoms with van der Waals surface area (Å²) in [7, 11) is 0. The van der Waals surface area contributed by atoms with Crippen molar-refractivity contribution in [3.63, 3.8) is 0 Å². The second-order valence-electron chi connectivity index (χ2n) is 5.91. The number of aliphatic hydroxyl groups excluding tert-OH is 1. The zero-order chi connectivity index (χ0) is 15.8. The van der Waals surface area contributed by atoms with Crippen molar-refractivity contribution >= 4 is 5.97 Å². The Balaban J connectivity index is 0. The molecule has 0 bridgehead atoms. The van der Waals surface area contributed by atoms with E-state index in [0.717, 1.165) is 51.4 Å². The first-order chi connectivity index (χ1) is 10.2. The summed E-state index contributed by atoms with van der Waals surface area (Å²) >= 11 is 0. The third-order valence-corrected chi connectivity index (χ3v) is 3.73. The van der Waals surface area contributed by atoms with Crippen molar-refractivity contribution < 1.29 is 66.4 Å². The SMILES string of the molecule is CCCCCCC(O)C/C=C/CCCCCCCC(=O)O.[K+]. The average molecular weight is 338 g/mol. The molecule has 0 aromatic rings. The van der Waals surface area contributed by atoms with Gasteiger partial charge in [-0.2, -0.15) is 0 Å². The van der Waals surface area contributed by atoms with E-state index in [9.17, 15) is 9.90 Å². The molecule has 0 amide bonds. The van der Waals surface area contributed by atoms with Gasteiger partial charge >= 0.3 is 57.4 Å². The fourth-order valence-corrected chi connectivity index (χ4v) is 2.36. The first-order valence-corrected chi connectivity index (χ1v) is 8.71. The van der Waals surface area contributed by atoms with Gasteiger partial charge in [-0.1, -0.05) is 64.0 Å². The van der Waals surface area contributed by atoms with Gasteiger partial charge in [0.1, 0.15) is 0 Å². The molecule has 0 heterocycles. The number of aliphatic hydroxyl groups is 1. The summed E-state index contributed by atoms with van der Waals surface area (Å²) < 4.78 is 0. The number of carbonyl (C=O) groups is 1. The molecule has 0 rings (SSSR count). The van der Waals surface area contributed by atoms with Crippen LogP contribution in [0.4, 0.5) is 0 Å². The van der Waals surface area contributed by atoms with Gasteiger partial charge in [0.05, 0.1) is 6.10 Å². The summed E-state index contributed by atoms with van der Waals surface area (Å²) in [4.78, 5) is 10.3. The number of allylic oxidation sites excluding steroid dienone is 1. The summed E-state index contributed by atoms with van der Waals surface area (Å²) in [6, 6.07) is 0. The van der Waals surface area contributed by atoms with Crippen LogP contribution in [0.2, 0.25) is 0 Å². The standard InChI is InChI=1S/C18H34O3.K/c1-2-3-4-11-14-17(19)15-12-9-7-5-6-8-10-13-16-18(20)21;/h9,12,17,19H,2-8,10-11,13-16H2,1H3,(H,20,21);/q;+1/b12-9+;. The molecule has 22 heavy (non-hydrogen) atoms. The summed E-state index contributed by atoms with van der Waals surface area (Å²) in [6.07, 6.45) is 17.4. The number of aliphatic carboxylic acids is 1. The maximum Gasteiger partial charge on any atom is 1.00 e. The second kappa shape index (κ2) is 19.9. The van der Waals surface area contributed by atoms with E-state index < -0.39 is 5.97 Å². The number of hydrogen-bond acceptors (Lipinski definition) is 2. The maximum absolute atomic E-state index is 10.3. The van der Waals surface area contributed by atoms with Gasteiger partial charge < -0.3 is 10.2 Å². The van der Waals surface area contributed by atoms with E-state index >= 15 is 0 Å². The van der Waals surface area contributed by atoms with Crippen LogP contribution in [0.3, 0.4) is 0 Å². The quantitative estimate of drug-likeness (QED) is 0.273. The zero-order valence-electron chi connectivity index (χ0n) is 14.7. The van der Waals surface area contributed by atoms with Gasteiger partial charge in [-0.25, -0.2) is 0 Å². The van der Waals surface area contributed by atoms with Crippen LogP contribution in [0.15, 0.2) is 12.2 Å². The Hall–Kier alpha value is 0.806. The summed E-state index contributed by atoms with van der Waals surface area (Å²) in [5, 5.41) is 18.3. The van der Waals surface area contributed by atoms with Crippen LogP contribution in [0.1, 0.15) is 90.4 Å². The van der Waals surface area contributed by atoms with Crippen LogP contribution in [0.5, 0.6) is 0 Å². The van der Waals surface area contributed by atoms with Crippen molar-refractivity contribution in [2.45, 2.75) is 96.5 Å². The molecule has 1 unspecified atom stereocenters. The predicted molar refractivity (Wildman–Crippen MR) is 88.5 cm³/mol. The predicted octanol–water partition coefficient (Wildman–Crippen LogP) is 2.08. The largest absolute Gasteiger partial charge is 1.00 e. The van der Waals surface area contributed by atoms with Crippen LogP contribution >= 0.6 is 0 Å². The molecule has 1 atom stereocenters. The molecule has 2 N–H and O–H groups in total. The molecule has 124 valence electrons. The van der Waals surface area contributed by atoms with Crippen molar-refractivity contribution in [2.75, 3.05) is 0 Å². The molecule has 0 aromatic heterocycles. The Morgan fingerprint density at radius 3 is 2.27 bits per heavy atom. The average Bonchev–Trinajstić information content (AvgIpc) is 2.45. The maximum atomic E-state index is 10.3. The van der Waals surface area contributed by atoms with Crippen LogP contribution in [-0.2, 0) is 4.79 Å². The number of carboxylic acid groups (broad SMARTS) is 1. The van der Waals surface area contributed by atoms with E-state index in [1.54, 1.807) is 0 Å². The Morgan fingerprint density at radius 2 is 1.59 bits per heavy atom. The minimum absolute atomic E-state index is 0. The van der Waals surface area contributed by atoms with Gasteiger partial charge in [0.15, 0.2) is 0 Å². The fourth-order valence-electron chi connectivity index (χ4n) is 2.36. The third kappa shape index (κ3) is 20.8. The van der Waals surface area contributed by atoms with Crippen LogP contribution in [-0.4, -0.2) is 22.3 Å². The summed E-state index contributed by atoms with van der Waals surface area (Å²) in [5.41, 5.74) is 0. The molecule has 0 aliphatic rings. The second-order valence-corrected chi connectivity index (χ2v) is 5.91. The van der Waals surface area contributed by atoms with Gasteiger partial charge in [0.25, 0.3) is 0 Å². The van der Waals surface area contributed by atoms with Gasteiger partial charge in [0.2, 0.25) is 0 Å². The van der Waals surface area contributed by atoms with Gasteiger partial charge in [-0.05, 0) is 32.1 Å². The van der Waals surface area contributed by atoms with Gasteiger partial charge in [-0.3, -0.25) is 4.79 Å². The summed E-state index contributed by atoms with van der Waals surface area (Å²) in [6.45, 7) is 2.20. The number of unbranched alkanes of at least 4 members (excludes halogenated alkanes) is 8. The number of hydrogen-bond donors (Lipinski definition) is 2. The van der Waals surface area contributed by atoms with Gasteiger partial charge in [0, 0.05) is 6.42 Å². The molecule has 4 heteroatoms. The Labute approximate surface area is 179 Å². The molecule has 0 saturated heterocycles. The van der Waals surface area contributed by atoms with Crippen molar-refractivity contribution in [2.24, 2.45) is 0 Å².